The van der Waals surface area contributed by atoms with Gasteiger partial charge in [-0.1, -0.05) is 60.7 Å². The highest BCUT2D eigenvalue weighted by atomic mass is 35.5. The Labute approximate surface area is 168 Å². The first-order valence-corrected chi connectivity index (χ1v) is 9.78. The van der Waals surface area contributed by atoms with E-state index < -0.39 is 0 Å². The Balaban J connectivity index is 0.00000210. The van der Waals surface area contributed by atoms with Crippen LogP contribution >= 0.6 is 12.4 Å². The Morgan fingerprint density at radius 3 is 2.11 bits per heavy atom. The molecule has 4 rings (SSSR count). The first kappa shape index (κ1) is 19.9. The van der Waals surface area contributed by atoms with Gasteiger partial charge in [-0.2, -0.15) is 0 Å². The summed E-state index contributed by atoms with van der Waals surface area (Å²) in [4.78, 5) is 15.6. The largest absolute Gasteiger partial charge is 0.463 e. The van der Waals surface area contributed by atoms with E-state index in [1.807, 2.05) is 60.7 Å². The molecule has 2 aliphatic heterocycles. The second kappa shape index (κ2) is 8.90. The normalized spacial score (nSPS) is 24.4. The van der Waals surface area contributed by atoms with Gasteiger partial charge >= 0.3 is 5.97 Å². The molecule has 0 radical (unpaired) electrons. The Bertz CT molecular complexity index is 697. The van der Waals surface area contributed by atoms with E-state index in [9.17, 15) is 4.79 Å². The van der Waals surface area contributed by atoms with Crippen molar-refractivity contribution in [3.63, 3.8) is 0 Å². The van der Waals surface area contributed by atoms with Crippen LogP contribution in [-0.2, 0) is 9.53 Å². The van der Waals surface area contributed by atoms with Crippen molar-refractivity contribution >= 4 is 18.4 Å². The van der Waals surface area contributed by atoms with Gasteiger partial charge in [0.25, 0.3) is 0 Å². The van der Waals surface area contributed by atoms with Gasteiger partial charge in [-0.05, 0) is 43.7 Å². The summed E-state index contributed by atoms with van der Waals surface area (Å²) < 4.78 is 5.87. The van der Waals surface area contributed by atoms with Gasteiger partial charge in [0.05, 0.1) is 0 Å². The Kier molecular flexibility index (Phi) is 6.56. The molecule has 3 nitrogen and oxygen atoms in total. The summed E-state index contributed by atoms with van der Waals surface area (Å²) in [7, 11) is 0. The van der Waals surface area contributed by atoms with Crippen molar-refractivity contribution in [2.24, 2.45) is 0 Å². The van der Waals surface area contributed by atoms with Gasteiger partial charge in [0.15, 0.2) is 0 Å². The lowest BCUT2D eigenvalue weighted by Crippen LogP contribution is -2.40. The summed E-state index contributed by atoms with van der Waals surface area (Å²) in [6.45, 7) is 2.81. The Morgan fingerprint density at radius 2 is 1.52 bits per heavy atom. The summed E-state index contributed by atoms with van der Waals surface area (Å²) >= 11 is 0. The third kappa shape index (κ3) is 4.20. The Morgan fingerprint density at radius 1 is 0.963 bits per heavy atom. The molecule has 3 unspecified atom stereocenters. The molecule has 144 valence electrons. The molecular formula is C23H28ClNO2. The van der Waals surface area contributed by atoms with Crippen molar-refractivity contribution in [1.82, 2.24) is 4.90 Å². The number of carbonyl (C=O) groups is 1. The molecule has 0 amide bonds. The molecule has 2 aromatic rings. The SMILES string of the molecule is CC1CCC2CCC(COC(=O)C(c3ccccc3)c3ccccc3)N12.Cl. The number of esters is 1. The molecule has 27 heavy (non-hydrogen) atoms. The fourth-order valence-electron chi connectivity index (χ4n) is 4.76. The van der Waals surface area contributed by atoms with E-state index in [4.69, 9.17) is 4.74 Å². The minimum absolute atomic E-state index is 0. The molecule has 4 heteroatoms. The summed E-state index contributed by atoms with van der Waals surface area (Å²) in [5.41, 5.74) is 1.98. The smallest absolute Gasteiger partial charge is 0.317 e. The van der Waals surface area contributed by atoms with Crippen LogP contribution in [0.25, 0.3) is 0 Å². The lowest BCUT2D eigenvalue weighted by Gasteiger charge is -2.28. The highest BCUT2D eigenvalue weighted by molar-refractivity contribution is 5.85. The zero-order chi connectivity index (χ0) is 17.9. The minimum Gasteiger partial charge on any atom is -0.463 e. The summed E-state index contributed by atoms with van der Waals surface area (Å²) in [6, 6.07) is 21.6. The fourth-order valence-corrected chi connectivity index (χ4v) is 4.76. The molecule has 2 heterocycles. The first-order valence-electron chi connectivity index (χ1n) is 9.78. The van der Waals surface area contributed by atoms with Crippen LogP contribution in [0.5, 0.6) is 0 Å². The van der Waals surface area contributed by atoms with E-state index in [-0.39, 0.29) is 24.3 Å². The van der Waals surface area contributed by atoms with Crippen molar-refractivity contribution in [1.29, 1.82) is 0 Å². The van der Waals surface area contributed by atoms with E-state index in [0.29, 0.717) is 24.7 Å². The topological polar surface area (TPSA) is 29.5 Å². The average Bonchev–Trinajstić information content (AvgIpc) is 3.25. The lowest BCUT2D eigenvalue weighted by atomic mass is 9.91. The van der Waals surface area contributed by atoms with E-state index >= 15 is 0 Å². The summed E-state index contributed by atoms with van der Waals surface area (Å²) in [5.74, 6) is -0.497. The molecule has 2 aliphatic rings. The van der Waals surface area contributed by atoms with Crippen molar-refractivity contribution < 1.29 is 9.53 Å². The quantitative estimate of drug-likeness (QED) is 0.692. The molecule has 0 aromatic heterocycles. The molecule has 0 spiro atoms. The predicted octanol–water partition coefficient (Wildman–Crippen LogP) is 4.80. The zero-order valence-corrected chi connectivity index (χ0v) is 16.6. The number of fused-ring (bicyclic) bond motifs is 1. The van der Waals surface area contributed by atoms with Gasteiger partial charge in [0, 0.05) is 18.1 Å². The maximum absolute atomic E-state index is 13.0. The molecule has 0 saturated carbocycles. The highest BCUT2D eigenvalue weighted by Gasteiger charge is 2.41. The molecule has 2 fully saturated rings. The molecule has 0 N–H and O–H groups in total. The lowest BCUT2D eigenvalue weighted by molar-refractivity contribution is -0.146. The van der Waals surface area contributed by atoms with Gasteiger partial charge in [-0.3, -0.25) is 9.69 Å². The number of rotatable bonds is 5. The molecule has 3 atom stereocenters. The second-order valence-electron chi connectivity index (χ2n) is 7.64. The maximum atomic E-state index is 13.0. The molecule has 0 aliphatic carbocycles. The maximum Gasteiger partial charge on any atom is 0.317 e. The minimum atomic E-state index is -0.356. The van der Waals surface area contributed by atoms with Crippen molar-refractivity contribution in [2.75, 3.05) is 6.61 Å². The third-order valence-electron chi connectivity index (χ3n) is 6.02. The average molecular weight is 386 g/mol. The Hall–Kier alpha value is -1.84. The monoisotopic (exact) mass is 385 g/mol. The predicted molar refractivity (Wildman–Crippen MR) is 110 cm³/mol. The van der Waals surface area contributed by atoms with Gasteiger partial charge in [0.1, 0.15) is 12.5 Å². The van der Waals surface area contributed by atoms with Crippen LogP contribution in [0.15, 0.2) is 60.7 Å². The van der Waals surface area contributed by atoms with Crippen LogP contribution in [-0.4, -0.2) is 35.6 Å². The number of benzene rings is 2. The van der Waals surface area contributed by atoms with E-state index in [1.54, 1.807) is 0 Å². The van der Waals surface area contributed by atoms with Crippen LogP contribution in [0.1, 0.15) is 49.7 Å². The molecule has 2 saturated heterocycles. The molecular weight excluding hydrogens is 358 g/mol. The van der Waals surface area contributed by atoms with E-state index in [1.165, 1.54) is 19.3 Å². The highest BCUT2D eigenvalue weighted by Crippen LogP contribution is 2.37. The molecule has 0 bridgehead atoms. The number of halogens is 1. The summed E-state index contributed by atoms with van der Waals surface area (Å²) in [5, 5.41) is 0. The standard InChI is InChI=1S/C23H27NO2.ClH/c1-17-12-13-20-14-15-21(24(17)20)16-26-23(25)22(18-8-4-2-5-9-18)19-10-6-3-7-11-19;/h2-11,17,20-22H,12-16H2,1H3;1H. The van der Waals surface area contributed by atoms with Gasteiger partial charge in [0.2, 0.25) is 0 Å². The van der Waals surface area contributed by atoms with E-state index in [0.717, 1.165) is 17.5 Å². The number of hydrogen-bond acceptors (Lipinski definition) is 3. The van der Waals surface area contributed by atoms with Crippen LogP contribution in [0.3, 0.4) is 0 Å². The second-order valence-corrected chi connectivity index (χ2v) is 7.64. The number of hydrogen-bond donors (Lipinski definition) is 0. The number of carbonyl (C=O) groups excluding carboxylic acids is 1. The van der Waals surface area contributed by atoms with Gasteiger partial charge in [-0.15, -0.1) is 12.4 Å². The van der Waals surface area contributed by atoms with E-state index in [2.05, 4.69) is 11.8 Å². The summed E-state index contributed by atoms with van der Waals surface area (Å²) in [6.07, 6.45) is 4.95. The van der Waals surface area contributed by atoms with Crippen LogP contribution in [0.4, 0.5) is 0 Å². The number of nitrogens with zero attached hydrogens (tertiary/aromatic N) is 1. The fraction of sp³-hybridized carbons (Fsp3) is 0.435. The van der Waals surface area contributed by atoms with Crippen molar-refractivity contribution in [3.8, 4) is 0 Å². The van der Waals surface area contributed by atoms with Gasteiger partial charge in [-0.25, -0.2) is 0 Å². The van der Waals surface area contributed by atoms with Crippen LogP contribution in [0, 0.1) is 0 Å². The third-order valence-corrected chi connectivity index (χ3v) is 6.02. The number of ether oxygens (including phenoxy) is 1. The van der Waals surface area contributed by atoms with Gasteiger partial charge < -0.3 is 4.74 Å². The first-order chi connectivity index (χ1) is 12.7. The molecule has 2 aromatic carbocycles. The van der Waals surface area contributed by atoms with Crippen molar-refractivity contribution in [3.05, 3.63) is 71.8 Å². The van der Waals surface area contributed by atoms with Crippen LogP contribution < -0.4 is 0 Å². The van der Waals surface area contributed by atoms with Crippen LogP contribution in [0.2, 0.25) is 0 Å². The zero-order valence-electron chi connectivity index (χ0n) is 15.8. The van der Waals surface area contributed by atoms with Crippen molar-refractivity contribution in [2.45, 2.75) is 56.7 Å².